The Labute approximate surface area is 122 Å². The molecule has 0 atom stereocenters. The first kappa shape index (κ1) is 15.9. The Morgan fingerprint density at radius 3 is 2.10 bits per heavy atom. The number of hydrogen-bond donors (Lipinski definition) is 1. The van der Waals surface area contributed by atoms with Gasteiger partial charge in [-0.05, 0) is 31.0 Å². The number of nitrogens with one attached hydrogen (secondary N) is 1. The summed E-state index contributed by atoms with van der Waals surface area (Å²) in [6.45, 7) is 0. The van der Waals surface area contributed by atoms with Crippen LogP contribution in [0.15, 0.2) is 27.6 Å². The molecule has 8 heteroatoms. The number of benzene rings is 1. The lowest BCUT2D eigenvalue weighted by atomic mass is 9.95. The van der Waals surface area contributed by atoms with Gasteiger partial charge in [0.25, 0.3) is 0 Å². The molecule has 0 aliphatic heterocycles. The van der Waals surface area contributed by atoms with E-state index in [-0.39, 0.29) is 16.2 Å². The van der Waals surface area contributed by atoms with Gasteiger partial charge in [0.2, 0.25) is 0 Å². The first-order valence-electron chi connectivity index (χ1n) is 6.25. The minimum atomic E-state index is -9.64. The molecule has 0 aromatic heterocycles. The average Bonchev–Trinajstić information content (AvgIpc) is 2.26. The van der Waals surface area contributed by atoms with Gasteiger partial charge in [0, 0.05) is 16.2 Å². The zero-order valence-electron chi connectivity index (χ0n) is 10.5. The fourth-order valence-electron chi connectivity index (χ4n) is 2.35. The van der Waals surface area contributed by atoms with E-state index < -0.39 is 15.1 Å². The van der Waals surface area contributed by atoms with Gasteiger partial charge >= 0.3 is 10.2 Å². The summed E-state index contributed by atoms with van der Waals surface area (Å²) in [5.41, 5.74) is 0.0783. The van der Waals surface area contributed by atoms with Gasteiger partial charge in [-0.2, -0.15) is 0 Å². The molecule has 1 saturated carbocycles. The topological polar surface area (TPSA) is 12.0 Å². The van der Waals surface area contributed by atoms with Gasteiger partial charge < -0.3 is 5.32 Å². The second-order valence-electron chi connectivity index (χ2n) is 5.12. The van der Waals surface area contributed by atoms with Crippen LogP contribution >= 0.6 is 26.2 Å². The van der Waals surface area contributed by atoms with Crippen molar-refractivity contribution in [2.75, 3.05) is 5.32 Å². The van der Waals surface area contributed by atoms with Gasteiger partial charge in [-0.3, -0.25) is 0 Å². The summed E-state index contributed by atoms with van der Waals surface area (Å²) in [4.78, 5) is -1.86. The monoisotopic (exact) mass is 379 g/mol. The minimum Gasteiger partial charge on any atom is -0.382 e. The van der Waals surface area contributed by atoms with Crippen molar-refractivity contribution in [3.05, 3.63) is 22.7 Å². The third-order valence-corrected chi connectivity index (χ3v) is 4.88. The SMILES string of the molecule is FS(F)(F)(F)(F)c1cc(Br)cc(NC2CCCCC2)c1. The third-order valence-electron chi connectivity index (χ3n) is 3.29. The van der Waals surface area contributed by atoms with Crippen LogP contribution in [0.5, 0.6) is 0 Å². The zero-order valence-corrected chi connectivity index (χ0v) is 12.9. The molecule has 1 aromatic rings. The molecule has 1 N–H and O–H groups in total. The lowest BCUT2D eigenvalue weighted by Gasteiger charge is -2.41. The highest BCUT2D eigenvalue weighted by Crippen LogP contribution is 3.02. The van der Waals surface area contributed by atoms with Gasteiger partial charge in [-0.1, -0.05) is 54.6 Å². The van der Waals surface area contributed by atoms with Crippen LogP contribution in [0.4, 0.5) is 25.1 Å². The lowest BCUT2D eigenvalue weighted by molar-refractivity contribution is 0.364. The van der Waals surface area contributed by atoms with Crippen LogP contribution in [-0.2, 0) is 0 Å². The van der Waals surface area contributed by atoms with Crippen molar-refractivity contribution in [2.45, 2.75) is 43.0 Å². The van der Waals surface area contributed by atoms with Crippen molar-refractivity contribution in [1.29, 1.82) is 0 Å². The maximum Gasteiger partial charge on any atom is 0.310 e. The van der Waals surface area contributed by atoms with Crippen LogP contribution in [0.3, 0.4) is 0 Å². The Morgan fingerprint density at radius 1 is 0.950 bits per heavy atom. The first-order chi connectivity index (χ1) is 8.94. The van der Waals surface area contributed by atoms with Crippen molar-refractivity contribution < 1.29 is 19.4 Å². The van der Waals surface area contributed by atoms with Crippen molar-refractivity contribution >= 4 is 31.8 Å². The predicted molar refractivity (Wildman–Crippen MR) is 76.0 cm³/mol. The van der Waals surface area contributed by atoms with Crippen molar-refractivity contribution in [1.82, 2.24) is 0 Å². The molecule has 0 bridgehead atoms. The highest BCUT2D eigenvalue weighted by molar-refractivity contribution is 9.10. The maximum absolute atomic E-state index is 12.8. The van der Waals surface area contributed by atoms with E-state index in [1.165, 1.54) is 6.07 Å². The van der Waals surface area contributed by atoms with Crippen LogP contribution in [0.2, 0.25) is 0 Å². The van der Waals surface area contributed by atoms with Crippen LogP contribution in [0.1, 0.15) is 32.1 Å². The van der Waals surface area contributed by atoms with Gasteiger partial charge in [-0.15, -0.1) is 0 Å². The average molecular weight is 380 g/mol. The van der Waals surface area contributed by atoms with Crippen LogP contribution in [0, 0.1) is 0 Å². The summed E-state index contributed by atoms with van der Waals surface area (Å²) in [6, 6.07) is 2.36. The summed E-state index contributed by atoms with van der Waals surface area (Å²) >= 11 is 2.86. The summed E-state index contributed by atoms with van der Waals surface area (Å²) in [5, 5.41) is 2.92. The molecule has 0 heterocycles. The Kier molecular flexibility index (Phi) is 3.57. The number of anilines is 1. The van der Waals surface area contributed by atoms with Crippen LogP contribution < -0.4 is 5.32 Å². The van der Waals surface area contributed by atoms with E-state index in [4.69, 9.17) is 0 Å². The second kappa shape index (κ2) is 4.50. The first-order valence-corrected chi connectivity index (χ1v) is 9.00. The van der Waals surface area contributed by atoms with E-state index in [9.17, 15) is 19.4 Å². The van der Waals surface area contributed by atoms with E-state index in [0.717, 1.165) is 32.1 Å². The van der Waals surface area contributed by atoms with Gasteiger partial charge in [0.15, 0.2) is 0 Å². The molecule has 1 aromatic carbocycles. The maximum atomic E-state index is 12.8. The molecular weight excluding hydrogens is 365 g/mol. The fourth-order valence-corrected chi connectivity index (χ4v) is 3.70. The molecule has 1 aliphatic rings. The van der Waals surface area contributed by atoms with E-state index in [1.54, 1.807) is 0 Å². The zero-order chi connectivity index (χ0) is 15.1. The Morgan fingerprint density at radius 2 is 1.55 bits per heavy atom. The molecule has 116 valence electrons. The summed E-state index contributed by atoms with van der Waals surface area (Å²) < 4.78 is 64.2. The summed E-state index contributed by atoms with van der Waals surface area (Å²) in [6.07, 6.45) is 4.80. The second-order valence-corrected chi connectivity index (χ2v) is 8.45. The molecule has 0 saturated heterocycles. The van der Waals surface area contributed by atoms with E-state index in [1.807, 2.05) is 0 Å². The molecule has 0 amide bonds. The molecule has 1 fully saturated rings. The van der Waals surface area contributed by atoms with Crippen LogP contribution in [0.25, 0.3) is 0 Å². The van der Waals surface area contributed by atoms with Crippen molar-refractivity contribution in [3.63, 3.8) is 0 Å². The molecule has 2 rings (SSSR count). The lowest BCUT2D eigenvalue weighted by Crippen LogP contribution is -2.22. The normalized spacial score (nSPS) is 21.1. The number of hydrogen-bond acceptors (Lipinski definition) is 1. The van der Waals surface area contributed by atoms with E-state index in [0.29, 0.717) is 12.1 Å². The standard InChI is InChI=1S/C12H15BrF5NS/c13-9-6-11(19-10-4-2-1-3-5-10)8-12(7-9)20(14,15,16,17)18/h6-8,10,19H,1-5H2. The Bertz CT molecular complexity index is 510. The summed E-state index contributed by atoms with van der Waals surface area (Å²) in [5.74, 6) is 0. The Balaban J connectivity index is 2.30. The van der Waals surface area contributed by atoms with Crippen molar-refractivity contribution in [3.8, 4) is 0 Å². The Hall–Kier alpha value is -0.500. The fraction of sp³-hybridized carbons (Fsp3) is 0.500. The van der Waals surface area contributed by atoms with E-state index in [2.05, 4.69) is 21.2 Å². The molecule has 0 unspecified atom stereocenters. The van der Waals surface area contributed by atoms with Gasteiger partial charge in [0.1, 0.15) is 4.90 Å². The third kappa shape index (κ3) is 4.25. The summed E-state index contributed by atoms with van der Waals surface area (Å²) in [7, 11) is -9.64. The smallest absolute Gasteiger partial charge is 0.310 e. The van der Waals surface area contributed by atoms with Crippen molar-refractivity contribution in [2.24, 2.45) is 0 Å². The predicted octanol–water partition coefficient (Wildman–Crippen LogP) is 6.85. The molecule has 0 radical (unpaired) electrons. The highest BCUT2D eigenvalue weighted by atomic mass is 79.9. The van der Waals surface area contributed by atoms with E-state index >= 15 is 0 Å². The highest BCUT2D eigenvalue weighted by Gasteiger charge is 2.65. The number of halogens is 6. The molecule has 1 nitrogen and oxygen atoms in total. The minimum absolute atomic E-state index is 0.0124. The van der Waals surface area contributed by atoms with Crippen LogP contribution in [-0.4, -0.2) is 6.04 Å². The molecular formula is C12H15BrF5NS. The molecule has 0 spiro atoms. The largest absolute Gasteiger partial charge is 0.382 e. The van der Waals surface area contributed by atoms with Gasteiger partial charge in [-0.25, -0.2) is 0 Å². The molecule has 1 aliphatic carbocycles. The van der Waals surface area contributed by atoms with Gasteiger partial charge in [0.05, 0.1) is 0 Å². The molecule has 20 heavy (non-hydrogen) atoms. The quantitative estimate of drug-likeness (QED) is 0.566. The number of rotatable bonds is 3.